The standard InChI is InChI=1S/C26H29N5O5S/c1-25-10-7-15-36-24(35)20(25)19-22(33)30(13-4-5-14-32)21-23(34)29(12-6-11-26(19,21)37-25)16-31-18-9-3-2-8-17(18)27-28-31/h2-3,6-11,19-21,32H,4-5,12-16H2,1H3/t19-,20-,21?,25+,26-/m0/s1. The van der Waals surface area contributed by atoms with Gasteiger partial charge in [-0.25, -0.2) is 4.68 Å². The summed E-state index contributed by atoms with van der Waals surface area (Å²) < 4.78 is 5.56. The number of rotatable bonds is 6. The van der Waals surface area contributed by atoms with Crippen LogP contribution >= 0.6 is 11.8 Å². The van der Waals surface area contributed by atoms with Crippen LogP contribution in [0.15, 0.2) is 48.6 Å². The van der Waals surface area contributed by atoms with Gasteiger partial charge < -0.3 is 19.6 Å². The fourth-order valence-corrected chi connectivity index (χ4v) is 8.50. The summed E-state index contributed by atoms with van der Waals surface area (Å²) in [4.78, 5) is 44.9. The lowest BCUT2D eigenvalue weighted by molar-refractivity contribution is -0.152. The molecular weight excluding hydrogens is 494 g/mol. The molecule has 1 spiro atoms. The minimum absolute atomic E-state index is 0.00713. The molecule has 194 valence electrons. The van der Waals surface area contributed by atoms with Gasteiger partial charge in [0.25, 0.3) is 0 Å². The van der Waals surface area contributed by atoms with Gasteiger partial charge in [0.05, 0.1) is 22.1 Å². The van der Waals surface area contributed by atoms with E-state index in [1.54, 1.807) is 14.5 Å². The van der Waals surface area contributed by atoms with Crippen LogP contribution in [0.3, 0.4) is 0 Å². The number of hydrogen-bond donors (Lipinski definition) is 1. The minimum atomic E-state index is -0.910. The molecule has 0 saturated carbocycles. The van der Waals surface area contributed by atoms with Gasteiger partial charge >= 0.3 is 5.97 Å². The van der Waals surface area contributed by atoms with Crippen LogP contribution in [0, 0.1) is 11.8 Å². The minimum Gasteiger partial charge on any atom is -0.461 e. The van der Waals surface area contributed by atoms with Crippen molar-refractivity contribution in [2.45, 2.75) is 42.0 Å². The van der Waals surface area contributed by atoms with Crippen LogP contribution in [-0.2, 0) is 25.8 Å². The van der Waals surface area contributed by atoms with E-state index in [-0.39, 0.29) is 31.7 Å². The Kier molecular flexibility index (Phi) is 5.87. The third kappa shape index (κ3) is 3.62. The highest BCUT2D eigenvalue weighted by molar-refractivity contribution is 8.02. The molecule has 10 nitrogen and oxygen atoms in total. The summed E-state index contributed by atoms with van der Waals surface area (Å²) in [6, 6.07) is 6.78. The van der Waals surface area contributed by atoms with Gasteiger partial charge in [-0.15, -0.1) is 16.9 Å². The summed E-state index contributed by atoms with van der Waals surface area (Å²) >= 11 is 1.52. The van der Waals surface area contributed by atoms with E-state index < -0.39 is 33.3 Å². The molecule has 0 radical (unpaired) electrons. The first-order valence-corrected chi connectivity index (χ1v) is 13.4. The molecule has 5 atom stereocenters. The van der Waals surface area contributed by atoms with Crippen LogP contribution in [-0.4, -0.2) is 89.5 Å². The zero-order chi connectivity index (χ0) is 25.8. The smallest absolute Gasteiger partial charge is 0.311 e. The lowest BCUT2D eigenvalue weighted by atomic mass is 9.75. The first-order valence-electron chi connectivity index (χ1n) is 12.6. The zero-order valence-electron chi connectivity index (χ0n) is 20.5. The van der Waals surface area contributed by atoms with Crippen LogP contribution in [0.1, 0.15) is 19.8 Å². The highest BCUT2D eigenvalue weighted by Gasteiger charge is 2.73. The van der Waals surface area contributed by atoms with E-state index in [4.69, 9.17) is 4.74 Å². The number of esters is 1. The molecule has 1 aromatic heterocycles. The van der Waals surface area contributed by atoms with Gasteiger partial charge in [0.15, 0.2) is 0 Å². The fraction of sp³-hybridized carbons (Fsp3) is 0.500. The lowest BCUT2D eigenvalue weighted by Crippen LogP contribution is -2.53. The summed E-state index contributed by atoms with van der Waals surface area (Å²) in [5.74, 6) is -2.21. The van der Waals surface area contributed by atoms with Crippen LogP contribution < -0.4 is 0 Å². The molecule has 2 aromatic rings. The molecule has 11 heteroatoms. The number of unbranched alkanes of at least 4 members (excludes halogenated alkanes) is 1. The van der Waals surface area contributed by atoms with Gasteiger partial charge in [-0.1, -0.05) is 35.6 Å². The molecule has 5 heterocycles. The van der Waals surface area contributed by atoms with E-state index in [9.17, 15) is 19.5 Å². The number of hydrogen-bond acceptors (Lipinski definition) is 8. The van der Waals surface area contributed by atoms with Gasteiger partial charge in [-0.2, -0.15) is 0 Å². The Morgan fingerprint density at radius 3 is 2.78 bits per heavy atom. The van der Waals surface area contributed by atoms with Gasteiger partial charge in [-0.3, -0.25) is 14.4 Å². The van der Waals surface area contributed by atoms with Crippen LogP contribution in [0.5, 0.6) is 0 Å². The highest BCUT2D eigenvalue weighted by Crippen LogP contribution is 2.65. The zero-order valence-corrected chi connectivity index (χ0v) is 21.3. The number of aliphatic hydroxyl groups excluding tert-OH is 1. The number of fused-ring (bicyclic) bond motifs is 3. The number of thioether (sulfide) groups is 1. The molecule has 0 aliphatic carbocycles. The Balaban J connectivity index is 1.41. The van der Waals surface area contributed by atoms with Crippen molar-refractivity contribution in [2.24, 2.45) is 11.8 Å². The molecule has 2 fully saturated rings. The summed E-state index contributed by atoms with van der Waals surface area (Å²) in [6.07, 6.45) is 8.78. The Hall–Kier alpha value is -3.18. The van der Waals surface area contributed by atoms with Crippen LogP contribution in [0.4, 0.5) is 0 Å². The van der Waals surface area contributed by atoms with E-state index in [1.165, 1.54) is 11.8 Å². The van der Waals surface area contributed by atoms with Crippen molar-refractivity contribution in [3.8, 4) is 0 Å². The van der Waals surface area contributed by atoms with E-state index in [2.05, 4.69) is 10.3 Å². The van der Waals surface area contributed by atoms with Crippen molar-refractivity contribution in [3.63, 3.8) is 0 Å². The summed E-state index contributed by atoms with van der Waals surface area (Å²) in [5, 5.41) is 17.8. The SMILES string of the molecule is C[C@@]12C=CCOC(=O)[C@@H]1[C@H]1C(=O)N(CCCCO)C3C(=O)N(Cn4nnc5ccccc54)CC=C[C@@]31S2. The molecule has 0 bridgehead atoms. The Labute approximate surface area is 218 Å². The van der Waals surface area contributed by atoms with Crippen molar-refractivity contribution in [2.75, 3.05) is 26.3 Å². The molecule has 2 saturated heterocycles. The average Bonchev–Trinajstić information content (AvgIpc) is 3.40. The number of aliphatic hydroxyl groups is 1. The molecule has 6 rings (SSSR count). The Morgan fingerprint density at radius 1 is 1.11 bits per heavy atom. The van der Waals surface area contributed by atoms with Crippen molar-refractivity contribution in [3.05, 3.63) is 48.6 Å². The summed E-state index contributed by atoms with van der Waals surface area (Å²) in [7, 11) is 0. The number of para-hydroxylation sites is 1. The first-order chi connectivity index (χ1) is 17.9. The maximum Gasteiger partial charge on any atom is 0.311 e. The third-order valence-corrected chi connectivity index (χ3v) is 9.72. The number of carbonyl (C=O) groups excluding carboxylic acids is 3. The first kappa shape index (κ1) is 24.2. The molecule has 2 amide bonds. The summed E-state index contributed by atoms with van der Waals surface area (Å²) in [5.41, 5.74) is 1.56. The van der Waals surface area contributed by atoms with Gasteiger partial charge in [-0.05, 0) is 38.0 Å². The second-order valence-corrected chi connectivity index (χ2v) is 12.0. The average molecular weight is 524 g/mol. The van der Waals surface area contributed by atoms with Crippen LogP contribution in [0.25, 0.3) is 11.0 Å². The molecule has 1 aromatic carbocycles. The second-order valence-electron chi connectivity index (χ2n) is 10.2. The number of likely N-dealkylation sites (tertiary alicyclic amines) is 1. The van der Waals surface area contributed by atoms with Crippen molar-refractivity contribution in [1.29, 1.82) is 0 Å². The maximum absolute atomic E-state index is 14.3. The van der Waals surface area contributed by atoms with Crippen molar-refractivity contribution < 1.29 is 24.2 Å². The maximum atomic E-state index is 14.3. The predicted octanol–water partition coefficient (Wildman–Crippen LogP) is 1.36. The highest BCUT2D eigenvalue weighted by atomic mass is 32.2. The van der Waals surface area contributed by atoms with Crippen LogP contribution in [0.2, 0.25) is 0 Å². The fourth-order valence-electron chi connectivity index (χ4n) is 6.35. The van der Waals surface area contributed by atoms with Crippen molar-refractivity contribution in [1.82, 2.24) is 24.8 Å². The topological polar surface area (TPSA) is 118 Å². The van der Waals surface area contributed by atoms with E-state index in [1.807, 2.05) is 55.5 Å². The second kappa shape index (κ2) is 8.98. The number of aromatic nitrogens is 3. The van der Waals surface area contributed by atoms with Gasteiger partial charge in [0.2, 0.25) is 11.8 Å². The van der Waals surface area contributed by atoms with Crippen molar-refractivity contribution >= 4 is 40.6 Å². The Bertz CT molecular complexity index is 1330. The number of benzene rings is 1. The number of amides is 2. The predicted molar refractivity (Wildman–Crippen MR) is 136 cm³/mol. The number of cyclic esters (lactones) is 1. The molecule has 1 N–H and O–H groups in total. The van der Waals surface area contributed by atoms with E-state index in [0.29, 0.717) is 25.9 Å². The normalized spacial score (nSPS) is 32.8. The Morgan fingerprint density at radius 2 is 1.95 bits per heavy atom. The molecule has 37 heavy (non-hydrogen) atoms. The number of carbonyl (C=O) groups is 3. The monoisotopic (exact) mass is 523 g/mol. The number of ether oxygens (including phenoxy) is 1. The lowest BCUT2D eigenvalue weighted by Gasteiger charge is -2.36. The molecular formula is C26H29N5O5S. The summed E-state index contributed by atoms with van der Waals surface area (Å²) in [6.45, 7) is 3.01. The van der Waals surface area contributed by atoms with Gasteiger partial charge in [0, 0.05) is 24.4 Å². The number of nitrogens with zero attached hydrogens (tertiary/aromatic N) is 5. The van der Waals surface area contributed by atoms with Gasteiger partial charge in [0.1, 0.15) is 24.8 Å². The quantitative estimate of drug-likeness (QED) is 0.343. The molecule has 4 aliphatic heterocycles. The molecule has 4 aliphatic rings. The largest absolute Gasteiger partial charge is 0.461 e. The van der Waals surface area contributed by atoms with E-state index >= 15 is 0 Å². The third-order valence-electron chi connectivity index (χ3n) is 7.93. The van der Waals surface area contributed by atoms with E-state index in [0.717, 1.165) is 11.0 Å². The molecule has 1 unspecified atom stereocenters.